The number of thioether (sulfide) groups is 1. The molecule has 0 bridgehead atoms. The molecule has 1 heterocycles. The van der Waals surface area contributed by atoms with Crippen molar-refractivity contribution in [3.63, 3.8) is 0 Å². The lowest BCUT2D eigenvalue weighted by Crippen LogP contribution is -2.39. The first-order valence-electron chi connectivity index (χ1n) is 6.61. The summed E-state index contributed by atoms with van der Waals surface area (Å²) in [6.45, 7) is 0. The number of amides is 1. The lowest BCUT2D eigenvalue weighted by Gasteiger charge is -2.28. The number of hydrogen-bond donors (Lipinski definition) is 1. The van der Waals surface area contributed by atoms with Gasteiger partial charge in [0.2, 0.25) is 5.91 Å². The van der Waals surface area contributed by atoms with Crippen molar-refractivity contribution in [1.29, 1.82) is 0 Å². The molecule has 0 aliphatic heterocycles. The van der Waals surface area contributed by atoms with Crippen molar-refractivity contribution in [3.05, 3.63) is 22.4 Å². The molecule has 2 nitrogen and oxygen atoms in total. The summed E-state index contributed by atoms with van der Waals surface area (Å²) in [5, 5.41) is 8.12. The molecule has 4 heteroatoms. The zero-order valence-corrected chi connectivity index (χ0v) is 12.5. The minimum absolute atomic E-state index is 0.216. The number of carbonyl (C=O) groups excluding carboxylic acids is 1. The van der Waals surface area contributed by atoms with E-state index in [1.807, 2.05) is 11.8 Å². The van der Waals surface area contributed by atoms with Crippen LogP contribution in [0.25, 0.3) is 0 Å². The second-order valence-electron chi connectivity index (χ2n) is 4.92. The summed E-state index contributed by atoms with van der Waals surface area (Å²) in [6.07, 6.45) is 8.52. The predicted molar refractivity (Wildman–Crippen MR) is 80.3 cm³/mol. The Balaban J connectivity index is 1.70. The second kappa shape index (κ2) is 7.19. The molecule has 0 radical (unpaired) electrons. The largest absolute Gasteiger partial charge is 0.353 e. The van der Waals surface area contributed by atoms with E-state index in [1.54, 1.807) is 11.3 Å². The number of nitrogens with one attached hydrogen (secondary N) is 1. The van der Waals surface area contributed by atoms with Crippen molar-refractivity contribution in [2.45, 2.75) is 49.8 Å². The molecular formula is C14H21NOS2. The summed E-state index contributed by atoms with van der Waals surface area (Å²) in [5.74, 6) is 0.216. The average molecular weight is 283 g/mol. The van der Waals surface area contributed by atoms with Crippen molar-refractivity contribution in [3.8, 4) is 0 Å². The van der Waals surface area contributed by atoms with Gasteiger partial charge in [0.05, 0.1) is 0 Å². The molecule has 1 fully saturated rings. The molecule has 1 saturated carbocycles. The van der Waals surface area contributed by atoms with Gasteiger partial charge in [-0.1, -0.05) is 6.42 Å². The number of carbonyl (C=O) groups is 1. The molecule has 0 unspecified atom stereocenters. The second-order valence-corrected chi connectivity index (χ2v) is 6.84. The van der Waals surface area contributed by atoms with Crippen molar-refractivity contribution in [2.24, 2.45) is 0 Å². The van der Waals surface area contributed by atoms with Crippen molar-refractivity contribution >= 4 is 29.0 Å². The van der Waals surface area contributed by atoms with E-state index in [9.17, 15) is 4.79 Å². The average Bonchev–Trinajstić information content (AvgIpc) is 2.90. The van der Waals surface area contributed by atoms with E-state index in [1.165, 1.54) is 18.4 Å². The van der Waals surface area contributed by atoms with Crippen LogP contribution in [0.2, 0.25) is 0 Å². The summed E-state index contributed by atoms with van der Waals surface area (Å²) in [6, 6.07) is 2.51. The number of aryl methyl sites for hydroxylation is 1. The Kier molecular flexibility index (Phi) is 5.57. The van der Waals surface area contributed by atoms with Crippen LogP contribution in [0, 0.1) is 0 Å². The molecule has 1 N–H and O–H groups in total. The number of rotatable bonds is 5. The van der Waals surface area contributed by atoms with Gasteiger partial charge >= 0.3 is 0 Å². The first kappa shape index (κ1) is 13.9. The monoisotopic (exact) mass is 283 g/mol. The quantitative estimate of drug-likeness (QED) is 0.896. The lowest BCUT2D eigenvalue weighted by molar-refractivity contribution is -0.121. The van der Waals surface area contributed by atoms with Gasteiger partial charge in [-0.25, -0.2) is 0 Å². The highest BCUT2D eigenvalue weighted by atomic mass is 32.2. The number of thiophene rings is 1. The highest BCUT2D eigenvalue weighted by Crippen LogP contribution is 2.26. The van der Waals surface area contributed by atoms with E-state index < -0.39 is 0 Å². The van der Waals surface area contributed by atoms with Gasteiger partial charge in [0.1, 0.15) is 0 Å². The van der Waals surface area contributed by atoms with E-state index in [0.717, 1.165) is 24.5 Å². The minimum Gasteiger partial charge on any atom is -0.353 e. The molecule has 1 aromatic rings. The molecule has 100 valence electrons. The molecular weight excluding hydrogens is 262 g/mol. The van der Waals surface area contributed by atoms with Crippen molar-refractivity contribution in [1.82, 2.24) is 5.32 Å². The first-order chi connectivity index (χ1) is 8.78. The normalized spacial score (nSPS) is 23.8. The van der Waals surface area contributed by atoms with Crippen LogP contribution in [0.4, 0.5) is 0 Å². The fraction of sp³-hybridized carbons (Fsp3) is 0.643. The Morgan fingerprint density at radius 1 is 1.56 bits per heavy atom. The fourth-order valence-corrected chi connectivity index (χ4v) is 4.01. The van der Waals surface area contributed by atoms with Crippen LogP contribution in [0.5, 0.6) is 0 Å². The highest BCUT2D eigenvalue weighted by Gasteiger charge is 2.22. The standard InChI is InChI=1S/C14H21NOS2/c1-17-13-4-2-3-12(9-13)15-14(16)6-5-11-7-8-18-10-11/h7-8,10,12-13H,2-6,9H2,1H3,(H,15,16)/t12-,13-/m0/s1. The van der Waals surface area contributed by atoms with Gasteiger partial charge in [-0.2, -0.15) is 23.1 Å². The van der Waals surface area contributed by atoms with Crippen LogP contribution in [-0.2, 0) is 11.2 Å². The van der Waals surface area contributed by atoms with Gasteiger partial charge in [-0.05, 0) is 54.3 Å². The summed E-state index contributed by atoms with van der Waals surface area (Å²) in [7, 11) is 0. The smallest absolute Gasteiger partial charge is 0.220 e. The predicted octanol–water partition coefficient (Wildman–Crippen LogP) is 3.47. The van der Waals surface area contributed by atoms with E-state index in [-0.39, 0.29) is 5.91 Å². The summed E-state index contributed by atoms with van der Waals surface area (Å²) >= 11 is 3.63. The molecule has 1 amide bonds. The van der Waals surface area contributed by atoms with Crippen molar-refractivity contribution in [2.75, 3.05) is 6.26 Å². The van der Waals surface area contributed by atoms with Crippen LogP contribution < -0.4 is 5.32 Å². The summed E-state index contributed by atoms with van der Waals surface area (Å²) < 4.78 is 0. The zero-order valence-electron chi connectivity index (χ0n) is 10.9. The lowest BCUT2D eigenvalue weighted by atomic mass is 9.95. The van der Waals surface area contributed by atoms with Crippen LogP contribution in [-0.4, -0.2) is 23.5 Å². The molecule has 0 aromatic carbocycles. The van der Waals surface area contributed by atoms with Crippen LogP contribution in [0.15, 0.2) is 16.8 Å². The van der Waals surface area contributed by atoms with Crippen LogP contribution in [0.3, 0.4) is 0 Å². The Labute approximate surface area is 118 Å². The SMILES string of the molecule is CS[C@H]1CCC[C@H](NC(=O)CCc2ccsc2)C1. The Morgan fingerprint density at radius 3 is 3.17 bits per heavy atom. The topological polar surface area (TPSA) is 29.1 Å². The molecule has 1 aliphatic rings. The van der Waals surface area contributed by atoms with E-state index in [2.05, 4.69) is 28.4 Å². The molecule has 1 aliphatic carbocycles. The van der Waals surface area contributed by atoms with Gasteiger partial charge in [-0.15, -0.1) is 0 Å². The minimum atomic E-state index is 0.216. The zero-order chi connectivity index (χ0) is 12.8. The van der Waals surface area contributed by atoms with E-state index in [4.69, 9.17) is 0 Å². The van der Waals surface area contributed by atoms with Gasteiger partial charge in [0.15, 0.2) is 0 Å². The molecule has 0 spiro atoms. The van der Waals surface area contributed by atoms with Gasteiger partial charge in [0, 0.05) is 17.7 Å². The van der Waals surface area contributed by atoms with E-state index in [0.29, 0.717) is 12.5 Å². The third kappa shape index (κ3) is 4.32. The van der Waals surface area contributed by atoms with Gasteiger partial charge in [0.25, 0.3) is 0 Å². The molecule has 0 saturated heterocycles. The molecule has 2 rings (SSSR count). The highest BCUT2D eigenvalue weighted by molar-refractivity contribution is 7.99. The fourth-order valence-electron chi connectivity index (χ4n) is 2.48. The van der Waals surface area contributed by atoms with Gasteiger partial charge in [-0.3, -0.25) is 4.79 Å². The van der Waals surface area contributed by atoms with Gasteiger partial charge < -0.3 is 5.32 Å². The summed E-state index contributed by atoms with van der Waals surface area (Å²) in [4.78, 5) is 11.9. The Morgan fingerprint density at radius 2 is 2.44 bits per heavy atom. The molecule has 1 aromatic heterocycles. The molecule has 2 atom stereocenters. The Bertz CT molecular complexity index is 364. The maximum Gasteiger partial charge on any atom is 0.220 e. The summed E-state index contributed by atoms with van der Waals surface area (Å²) in [5.41, 5.74) is 1.28. The molecule has 18 heavy (non-hydrogen) atoms. The van der Waals surface area contributed by atoms with Crippen LogP contribution >= 0.6 is 23.1 Å². The number of hydrogen-bond acceptors (Lipinski definition) is 3. The first-order valence-corrected chi connectivity index (χ1v) is 8.84. The van der Waals surface area contributed by atoms with Crippen molar-refractivity contribution < 1.29 is 4.79 Å². The maximum atomic E-state index is 11.9. The third-order valence-electron chi connectivity index (χ3n) is 3.55. The van der Waals surface area contributed by atoms with E-state index >= 15 is 0 Å². The van der Waals surface area contributed by atoms with Crippen LogP contribution in [0.1, 0.15) is 37.7 Å². The third-order valence-corrected chi connectivity index (χ3v) is 5.37. The maximum absolute atomic E-state index is 11.9. The Hall–Kier alpha value is -0.480.